The van der Waals surface area contributed by atoms with Gasteiger partial charge in [-0.25, -0.2) is 0 Å². The average Bonchev–Trinajstić information content (AvgIpc) is 2.69. The highest BCUT2D eigenvalue weighted by molar-refractivity contribution is 5.52. The van der Waals surface area contributed by atoms with Crippen molar-refractivity contribution in [3.63, 3.8) is 0 Å². The molecule has 1 aromatic carbocycles. The van der Waals surface area contributed by atoms with Gasteiger partial charge in [0.1, 0.15) is 0 Å². The van der Waals surface area contributed by atoms with E-state index in [-0.39, 0.29) is 0 Å². The van der Waals surface area contributed by atoms with Gasteiger partial charge in [-0.2, -0.15) is 0 Å². The van der Waals surface area contributed by atoms with Crippen LogP contribution in [-0.2, 0) is 0 Å². The Hall–Kier alpha value is -1.20. The highest BCUT2D eigenvalue weighted by Gasteiger charge is 2.33. The molecule has 0 bridgehead atoms. The van der Waals surface area contributed by atoms with E-state index in [0.717, 1.165) is 32.6 Å². The largest absolute Gasteiger partial charge is 0.396 e. The van der Waals surface area contributed by atoms with Gasteiger partial charge in [-0.05, 0) is 58.7 Å². The Labute approximate surface area is 171 Å². The van der Waals surface area contributed by atoms with Crippen LogP contribution in [0.3, 0.4) is 0 Å². The smallest absolute Gasteiger partial charge is 0.0446 e. The van der Waals surface area contributed by atoms with E-state index < -0.39 is 0 Å². The third kappa shape index (κ3) is 5.90. The predicted molar refractivity (Wildman–Crippen MR) is 118 cm³/mol. The summed E-state index contributed by atoms with van der Waals surface area (Å²) in [5.41, 5.74) is 2.69. The van der Waals surface area contributed by atoms with Crippen LogP contribution in [0, 0.1) is 0 Å². The lowest BCUT2D eigenvalue weighted by Crippen LogP contribution is -2.59. The lowest BCUT2D eigenvalue weighted by Gasteiger charge is -2.48. The van der Waals surface area contributed by atoms with Gasteiger partial charge >= 0.3 is 0 Å². The lowest BCUT2D eigenvalue weighted by molar-refractivity contribution is 0.00490. The number of aliphatic hydroxyl groups excluding tert-OH is 1. The van der Waals surface area contributed by atoms with Gasteiger partial charge in [0, 0.05) is 50.9 Å². The Kier molecular flexibility index (Phi) is 8.10. The van der Waals surface area contributed by atoms with Crippen molar-refractivity contribution < 1.29 is 5.11 Å². The van der Waals surface area contributed by atoms with Gasteiger partial charge in [0.25, 0.3) is 0 Å². The number of likely N-dealkylation sites (tertiary alicyclic amines) is 1. The topological polar surface area (TPSA) is 30.0 Å². The van der Waals surface area contributed by atoms with Crippen LogP contribution in [0.2, 0.25) is 0 Å². The molecule has 2 aliphatic rings. The number of nitrogens with zero attached hydrogens (tertiary/aromatic N) is 3. The minimum atomic E-state index is 0.290. The number of hydrogen-bond acceptors (Lipinski definition) is 4. The van der Waals surface area contributed by atoms with Crippen molar-refractivity contribution in [2.45, 2.75) is 58.2 Å². The molecular weight excluding hydrogens is 346 g/mol. The molecule has 0 spiro atoms. The third-order valence-corrected chi connectivity index (χ3v) is 6.46. The molecule has 2 heterocycles. The number of rotatable bonds is 7. The molecule has 2 aliphatic heterocycles. The highest BCUT2D eigenvalue weighted by atomic mass is 16.3. The van der Waals surface area contributed by atoms with Crippen LogP contribution in [-0.4, -0.2) is 83.8 Å². The quantitative estimate of drug-likeness (QED) is 0.780. The van der Waals surface area contributed by atoms with E-state index >= 15 is 0 Å². The minimum absolute atomic E-state index is 0.290. The maximum absolute atomic E-state index is 9.65. The Bertz CT molecular complexity index is 608. The second-order valence-corrected chi connectivity index (χ2v) is 8.90. The fourth-order valence-electron chi connectivity index (χ4n) is 4.93. The van der Waals surface area contributed by atoms with E-state index in [0.29, 0.717) is 24.7 Å². The highest BCUT2D eigenvalue weighted by Crippen LogP contribution is 2.24. The fourth-order valence-corrected chi connectivity index (χ4v) is 4.93. The zero-order chi connectivity index (χ0) is 19.9. The molecule has 156 valence electrons. The number of piperazine rings is 1. The summed E-state index contributed by atoms with van der Waals surface area (Å²) >= 11 is 0. The van der Waals surface area contributed by atoms with Gasteiger partial charge in [-0.1, -0.05) is 42.0 Å². The zero-order valence-electron chi connectivity index (χ0n) is 18.1. The second-order valence-electron chi connectivity index (χ2n) is 8.90. The summed E-state index contributed by atoms with van der Waals surface area (Å²) in [6, 6.07) is 12.4. The summed E-state index contributed by atoms with van der Waals surface area (Å²) in [5.74, 6) is 0. The van der Waals surface area contributed by atoms with Gasteiger partial charge < -0.3 is 10.0 Å². The SMILES string of the molecule is C/C(=C\c1ccccc1)CN1CCN(C2CCN(C(C)C)CC2)[C@@H](CCO)C1. The zero-order valence-corrected chi connectivity index (χ0v) is 18.1. The Morgan fingerprint density at radius 1 is 1.11 bits per heavy atom. The molecule has 4 nitrogen and oxygen atoms in total. The first-order valence-electron chi connectivity index (χ1n) is 11.1. The van der Waals surface area contributed by atoms with Crippen molar-refractivity contribution in [2.75, 3.05) is 45.9 Å². The Morgan fingerprint density at radius 2 is 1.82 bits per heavy atom. The number of benzene rings is 1. The predicted octanol–water partition coefficient (Wildman–Crippen LogP) is 3.33. The monoisotopic (exact) mass is 385 g/mol. The van der Waals surface area contributed by atoms with Crippen molar-refractivity contribution >= 4 is 6.08 Å². The van der Waals surface area contributed by atoms with Crippen LogP contribution in [0.15, 0.2) is 35.9 Å². The molecule has 3 rings (SSSR count). The van der Waals surface area contributed by atoms with Crippen molar-refractivity contribution in [1.29, 1.82) is 0 Å². The molecule has 1 aromatic rings. The van der Waals surface area contributed by atoms with E-state index in [1.54, 1.807) is 0 Å². The van der Waals surface area contributed by atoms with Crippen LogP contribution in [0.1, 0.15) is 45.6 Å². The van der Waals surface area contributed by atoms with E-state index in [1.165, 1.54) is 37.1 Å². The summed E-state index contributed by atoms with van der Waals surface area (Å²) in [7, 11) is 0. The van der Waals surface area contributed by atoms with Gasteiger partial charge in [-0.15, -0.1) is 0 Å². The van der Waals surface area contributed by atoms with E-state index in [4.69, 9.17) is 0 Å². The maximum atomic E-state index is 9.65. The molecule has 0 unspecified atom stereocenters. The second kappa shape index (κ2) is 10.5. The van der Waals surface area contributed by atoms with Crippen molar-refractivity contribution in [3.8, 4) is 0 Å². The average molecular weight is 386 g/mol. The number of aliphatic hydroxyl groups is 1. The van der Waals surface area contributed by atoms with E-state index in [9.17, 15) is 5.11 Å². The number of piperidine rings is 1. The lowest BCUT2D eigenvalue weighted by atomic mass is 9.97. The molecule has 0 saturated carbocycles. The van der Waals surface area contributed by atoms with Crippen LogP contribution in [0.25, 0.3) is 6.08 Å². The summed E-state index contributed by atoms with van der Waals surface area (Å²) in [6.07, 6.45) is 5.73. The molecule has 0 aromatic heterocycles. The molecule has 1 atom stereocenters. The van der Waals surface area contributed by atoms with Gasteiger partial charge in [0.15, 0.2) is 0 Å². The fraction of sp³-hybridized carbons (Fsp3) is 0.667. The molecule has 2 saturated heterocycles. The Balaban J connectivity index is 1.56. The minimum Gasteiger partial charge on any atom is -0.396 e. The molecule has 0 amide bonds. The first-order chi connectivity index (χ1) is 13.6. The molecule has 1 N–H and O–H groups in total. The van der Waals surface area contributed by atoms with Crippen LogP contribution < -0.4 is 0 Å². The normalized spacial score (nSPS) is 24.2. The van der Waals surface area contributed by atoms with Crippen LogP contribution in [0.4, 0.5) is 0 Å². The number of hydrogen-bond donors (Lipinski definition) is 1. The standard InChI is InChI=1S/C24H39N3O/c1-20(2)26-12-9-23(10-13-26)27-15-14-25(19-24(27)11-16-28)18-21(3)17-22-7-5-4-6-8-22/h4-8,17,20,23-24,28H,9-16,18-19H2,1-3H3/b21-17+/t24-/m0/s1. The summed E-state index contributed by atoms with van der Waals surface area (Å²) in [5, 5.41) is 9.65. The summed E-state index contributed by atoms with van der Waals surface area (Å²) in [6.45, 7) is 13.9. The van der Waals surface area contributed by atoms with E-state index in [1.807, 2.05) is 0 Å². The molecule has 28 heavy (non-hydrogen) atoms. The first kappa shape index (κ1) is 21.5. The van der Waals surface area contributed by atoms with Crippen molar-refractivity contribution in [2.24, 2.45) is 0 Å². The van der Waals surface area contributed by atoms with Gasteiger partial charge in [0.2, 0.25) is 0 Å². The molecular formula is C24H39N3O. The molecule has 2 fully saturated rings. The Morgan fingerprint density at radius 3 is 2.46 bits per heavy atom. The van der Waals surface area contributed by atoms with Crippen molar-refractivity contribution in [1.82, 2.24) is 14.7 Å². The van der Waals surface area contributed by atoms with Crippen LogP contribution >= 0.6 is 0 Å². The molecule has 4 heteroatoms. The van der Waals surface area contributed by atoms with Crippen molar-refractivity contribution in [3.05, 3.63) is 41.5 Å². The summed E-state index contributed by atoms with van der Waals surface area (Å²) in [4.78, 5) is 7.90. The molecule has 0 radical (unpaired) electrons. The first-order valence-corrected chi connectivity index (χ1v) is 11.1. The van der Waals surface area contributed by atoms with Crippen LogP contribution in [0.5, 0.6) is 0 Å². The third-order valence-electron chi connectivity index (χ3n) is 6.46. The molecule has 0 aliphatic carbocycles. The maximum Gasteiger partial charge on any atom is 0.0446 e. The summed E-state index contributed by atoms with van der Waals surface area (Å²) < 4.78 is 0. The van der Waals surface area contributed by atoms with Gasteiger partial charge in [-0.3, -0.25) is 9.80 Å². The van der Waals surface area contributed by atoms with E-state index in [2.05, 4.69) is 71.9 Å². The van der Waals surface area contributed by atoms with Gasteiger partial charge in [0.05, 0.1) is 0 Å².